The summed E-state index contributed by atoms with van der Waals surface area (Å²) in [6.07, 6.45) is 6.25. The largest absolute Gasteiger partial charge is 0.493 e. The van der Waals surface area contributed by atoms with Gasteiger partial charge in [-0.25, -0.2) is 0 Å². The first-order valence-corrected chi connectivity index (χ1v) is 8.15. The molecule has 0 aliphatic carbocycles. The molecular formula is C16H27N3O2. The molecule has 3 heterocycles. The van der Waals surface area contributed by atoms with Crippen molar-refractivity contribution < 1.29 is 9.47 Å². The number of nitrogens with one attached hydrogen (secondary N) is 1. The Hall–Kier alpha value is -1.07. The molecule has 0 aromatic carbocycles. The maximum absolute atomic E-state index is 6.07. The topological polar surface area (TPSA) is 48.3 Å². The zero-order chi connectivity index (χ0) is 15.0. The van der Waals surface area contributed by atoms with Crippen molar-refractivity contribution in [3.05, 3.63) is 11.9 Å². The molecule has 21 heavy (non-hydrogen) atoms. The molecule has 118 valence electrons. The summed E-state index contributed by atoms with van der Waals surface area (Å²) in [6.45, 7) is 7.42. The van der Waals surface area contributed by atoms with Gasteiger partial charge in [0, 0.05) is 12.0 Å². The Labute approximate surface area is 127 Å². The minimum absolute atomic E-state index is 0.255. The Morgan fingerprint density at radius 3 is 2.81 bits per heavy atom. The van der Waals surface area contributed by atoms with Crippen LogP contribution >= 0.6 is 0 Å². The normalized spacial score (nSPS) is 29.3. The molecule has 2 saturated heterocycles. The van der Waals surface area contributed by atoms with Crippen molar-refractivity contribution in [2.75, 3.05) is 13.7 Å². The molecule has 5 nitrogen and oxygen atoms in total. The molecule has 4 unspecified atom stereocenters. The van der Waals surface area contributed by atoms with E-state index >= 15 is 0 Å². The molecule has 0 saturated carbocycles. The number of aromatic nitrogens is 2. The van der Waals surface area contributed by atoms with Gasteiger partial charge in [0.25, 0.3) is 0 Å². The van der Waals surface area contributed by atoms with E-state index in [0.717, 1.165) is 18.7 Å². The van der Waals surface area contributed by atoms with Crippen LogP contribution in [0.2, 0.25) is 0 Å². The van der Waals surface area contributed by atoms with Crippen LogP contribution in [0.15, 0.2) is 6.20 Å². The Morgan fingerprint density at radius 1 is 1.48 bits per heavy atom. The Kier molecular flexibility index (Phi) is 4.22. The van der Waals surface area contributed by atoms with Crippen LogP contribution < -0.4 is 10.1 Å². The average Bonchev–Trinajstić information content (AvgIpc) is 3.18. The molecule has 2 bridgehead atoms. The van der Waals surface area contributed by atoms with E-state index in [2.05, 4.69) is 35.9 Å². The van der Waals surface area contributed by atoms with Gasteiger partial charge >= 0.3 is 0 Å². The Bertz CT molecular complexity index is 486. The van der Waals surface area contributed by atoms with Gasteiger partial charge in [0.1, 0.15) is 0 Å². The third-order valence-corrected chi connectivity index (χ3v) is 4.81. The summed E-state index contributed by atoms with van der Waals surface area (Å²) >= 11 is 0. The molecular weight excluding hydrogens is 266 g/mol. The van der Waals surface area contributed by atoms with Crippen molar-refractivity contribution >= 4 is 0 Å². The first-order valence-electron chi connectivity index (χ1n) is 8.15. The highest BCUT2D eigenvalue weighted by atomic mass is 16.5. The fourth-order valence-electron chi connectivity index (χ4n) is 3.92. The monoisotopic (exact) mass is 293 g/mol. The molecule has 0 radical (unpaired) electrons. The summed E-state index contributed by atoms with van der Waals surface area (Å²) in [6, 6.07) is 0.578. The van der Waals surface area contributed by atoms with Gasteiger partial charge in [-0.3, -0.25) is 4.68 Å². The zero-order valence-electron chi connectivity index (χ0n) is 13.5. The number of nitrogens with zero attached hydrogens (tertiary/aromatic N) is 2. The lowest BCUT2D eigenvalue weighted by atomic mass is 9.82. The molecule has 2 aliphatic heterocycles. The summed E-state index contributed by atoms with van der Waals surface area (Å²) < 4.78 is 13.7. The van der Waals surface area contributed by atoms with Crippen LogP contribution in [0.5, 0.6) is 5.75 Å². The van der Waals surface area contributed by atoms with Gasteiger partial charge < -0.3 is 14.8 Å². The molecule has 5 heteroatoms. The lowest BCUT2D eigenvalue weighted by molar-refractivity contribution is 0.0847. The quantitative estimate of drug-likeness (QED) is 0.876. The third kappa shape index (κ3) is 2.57. The van der Waals surface area contributed by atoms with Crippen LogP contribution in [0.1, 0.15) is 57.8 Å². The van der Waals surface area contributed by atoms with Gasteiger partial charge in [0.05, 0.1) is 37.3 Å². The molecule has 1 N–H and O–H groups in total. The molecule has 2 aliphatic rings. The number of methoxy groups -OCH3 is 1. The average molecular weight is 293 g/mol. The smallest absolute Gasteiger partial charge is 0.161 e. The van der Waals surface area contributed by atoms with Crippen LogP contribution in [0.25, 0.3) is 0 Å². The highest BCUT2D eigenvalue weighted by Crippen LogP contribution is 2.46. The predicted octanol–water partition coefficient (Wildman–Crippen LogP) is 2.69. The SMILES string of the molecule is CCNC(c1c(OC)cnn1C(C)C)C1CC2CCC1O2. The number of hydrogen-bond acceptors (Lipinski definition) is 4. The summed E-state index contributed by atoms with van der Waals surface area (Å²) in [7, 11) is 1.73. The number of ether oxygens (including phenoxy) is 2. The van der Waals surface area contributed by atoms with Crippen LogP contribution in [0, 0.1) is 5.92 Å². The van der Waals surface area contributed by atoms with E-state index in [1.54, 1.807) is 7.11 Å². The van der Waals surface area contributed by atoms with E-state index in [1.165, 1.54) is 18.5 Å². The summed E-state index contributed by atoms with van der Waals surface area (Å²) in [4.78, 5) is 0. The highest BCUT2D eigenvalue weighted by Gasteiger charge is 2.46. The fraction of sp³-hybridized carbons (Fsp3) is 0.812. The molecule has 1 aromatic heterocycles. The molecule has 2 fully saturated rings. The van der Waals surface area contributed by atoms with E-state index in [0.29, 0.717) is 24.2 Å². The minimum atomic E-state index is 0.255. The van der Waals surface area contributed by atoms with Crippen molar-refractivity contribution in [1.29, 1.82) is 0 Å². The van der Waals surface area contributed by atoms with E-state index in [-0.39, 0.29) is 6.04 Å². The van der Waals surface area contributed by atoms with Gasteiger partial charge in [0.2, 0.25) is 0 Å². The van der Waals surface area contributed by atoms with E-state index in [1.807, 2.05) is 6.20 Å². The molecule has 0 amide bonds. The minimum Gasteiger partial charge on any atom is -0.493 e. The number of hydrogen-bond donors (Lipinski definition) is 1. The number of fused-ring (bicyclic) bond motifs is 2. The fourth-order valence-corrected chi connectivity index (χ4v) is 3.92. The molecule has 0 spiro atoms. The van der Waals surface area contributed by atoms with Crippen molar-refractivity contribution in [3.63, 3.8) is 0 Å². The highest BCUT2D eigenvalue weighted by molar-refractivity contribution is 5.30. The second-order valence-corrected chi connectivity index (χ2v) is 6.45. The van der Waals surface area contributed by atoms with Crippen molar-refractivity contribution in [3.8, 4) is 5.75 Å². The second-order valence-electron chi connectivity index (χ2n) is 6.45. The molecule has 3 rings (SSSR count). The lowest BCUT2D eigenvalue weighted by Gasteiger charge is -2.30. The van der Waals surface area contributed by atoms with Gasteiger partial charge in [-0.2, -0.15) is 5.10 Å². The van der Waals surface area contributed by atoms with Crippen molar-refractivity contribution in [2.24, 2.45) is 5.92 Å². The van der Waals surface area contributed by atoms with Crippen LogP contribution in [0.3, 0.4) is 0 Å². The van der Waals surface area contributed by atoms with Gasteiger partial charge in [-0.05, 0) is 39.7 Å². The standard InChI is InChI=1S/C16H27N3O2/c1-5-17-15(12-8-11-6-7-13(12)21-11)16-14(20-4)9-18-19(16)10(2)3/h9-13,15,17H,5-8H2,1-4H3. The Balaban J connectivity index is 1.95. The van der Waals surface area contributed by atoms with Crippen LogP contribution in [-0.2, 0) is 4.74 Å². The number of rotatable bonds is 6. The third-order valence-electron chi connectivity index (χ3n) is 4.81. The molecule has 1 aromatic rings. The van der Waals surface area contributed by atoms with E-state index in [9.17, 15) is 0 Å². The maximum atomic E-state index is 6.07. The van der Waals surface area contributed by atoms with Crippen LogP contribution in [-0.4, -0.2) is 35.6 Å². The summed E-state index contributed by atoms with van der Waals surface area (Å²) in [5.41, 5.74) is 1.18. The molecule has 4 atom stereocenters. The van der Waals surface area contributed by atoms with E-state index < -0.39 is 0 Å². The zero-order valence-corrected chi connectivity index (χ0v) is 13.5. The van der Waals surface area contributed by atoms with Gasteiger partial charge in [0.15, 0.2) is 5.75 Å². The van der Waals surface area contributed by atoms with Crippen molar-refractivity contribution in [1.82, 2.24) is 15.1 Å². The van der Waals surface area contributed by atoms with E-state index in [4.69, 9.17) is 9.47 Å². The van der Waals surface area contributed by atoms with Gasteiger partial charge in [-0.15, -0.1) is 0 Å². The first kappa shape index (κ1) is 14.9. The first-order chi connectivity index (χ1) is 10.2. The van der Waals surface area contributed by atoms with Crippen LogP contribution in [0.4, 0.5) is 0 Å². The summed E-state index contributed by atoms with van der Waals surface area (Å²) in [5.74, 6) is 1.41. The Morgan fingerprint density at radius 2 is 2.29 bits per heavy atom. The maximum Gasteiger partial charge on any atom is 0.161 e. The lowest BCUT2D eigenvalue weighted by Crippen LogP contribution is -2.35. The van der Waals surface area contributed by atoms with Crippen molar-refractivity contribution in [2.45, 2.75) is 64.3 Å². The second kappa shape index (κ2) is 5.97. The predicted molar refractivity (Wildman–Crippen MR) is 81.6 cm³/mol. The van der Waals surface area contributed by atoms with Gasteiger partial charge in [-0.1, -0.05) is 6.92 Å². The summed E-state index contributed by atoms with van der Waals surface area (Å²) in [5, 5.41) is 8.19.